The number of hydrogen-bond acceptors (Lipinski definition) is 2. The summed E-state index contributed by atoms with van der Waals surface area (Å²) < 4.78 is 24.6. The van der Waals surface area contributed by atoms with Gasteiger partial charge in [-0.15, -0.1) is 0 Å². The highest BCUT2D eigenvalue weighted by molar-refractivity contribution is 5.90. The summed E-state index contributed by atoms with van der Waals surface area (Å²) in [6.45, 7) is 0. The molecule has 0 saturated heterocycles. The number of hydrazine groups is 1. The molecule has 0 bridgehead atoms. The van der Waals surface area contributed by atoms with E-state index in [4.69, 9.17) is 5.84 Å². The Bertz CT molecular complexity index is 175. The van der Waals surface area contributed by atoms with Gasteiger partial charge in [0.05, 0.1) is 5.41 Å². The van der Waals surface area contributed by atoms with Crippen LogP contribution in [0.5, 0.6) is 0 Å². The van der Waals surface area contributed by atoms with Gasteiger partial charge in [-0.25, -0.2) is 14.6 Å². The largest absolute Gasteiger partial charge is 0.312 e. The lowest BCUT2D eigenvalue weighted by Crippen LogP contribution is -2.40. The van der Waals surface area contributed by atoms with E-state index >= 15 is 0 Å². The predicted octanol–water partition coefficient (Wildman–Crippen LogP) is 0.523. The van der Waals surface area contributed by atoms with Gasteiger partial charge >= 0.3 is 0 Å². The first-order valence-electron chi connectivity index (χ1n) is 3.39. The minimum atomic E-state index is -2.36. The van der Waals surface area contributed by atoms with Crippen LogP contribution in [0.4, 0.5) is 8.78 Å². The van der Waals surface area contributed by atoms with Gasteiger partial charge in [0.1, 0.15) is 5.84 Å². The lowest BCUT2D eigenvalue weighted by atomic mass is 10.1. The summed E-state index contributed by atoms with van der Waals surface area (Å²) in [6.07, 6.45) is -1.42. The Morgan fingerprint density at radius 1 is 1.64 bits per heavy atom. The number of amidine groups is 1. The van der Waals surface area contributed by atoms with Gasteiger partial charge in [0.25, 0.3) is 6.43 Å². The fourth-order valence-corrected chi connectivity index (χ4v) is 1.12. The third-order valence-electron chi connectivity index (χ3n) is 2.04. The molecule has 0 spiro atoms. The second-order valence-corrected chi connectivity index (χ2v) is 2.67. The van der Waals surface area contributed by atoms with E-state index in [2.05, 4.69) is 10.4 Å². The van der Waals surface area contributed by atoms with E-state index in [1.54, 1.807) is 0 Å². The predicted molar refractivity (Wildman–Crippen MR) is 38.4 cm³/mol. The topological polar surface area (TPSA) is 50.4 Å². The molecule has 0 amide bonds. The maximum absolute atomic E-state index is 12.3. The molecule has 1 aliphatic carbocycles. The summed E-state index contributed by atoms with van der Waals surface area (Å²) in [5.74, 6) is 5.25. The lowest BCUT2D eigenvalue weighted by Gasteiger charge is -2.15. The van der Waals surface area contributed by atoms with Crippen molar-refractivity contribution in [1.29, 1.82) is 0 Å². The second-order valence-electron chi connectivity index (χ2n) is 2.67. The molecule has 1 saturated carbocycles. The van der Waals surface area contributed by atoms with Gasteiger partial charge in [-0.3, -0.25) is 4.99 Å². The molecule has 0 aromatic carbocycles. The van der Waals surface area contributed by atoms with Gasteiger partial charge in [-0.05, 0) is 12.8 Å². The Labute approximate surface area is 63.6 Å². The fraction of sp³-hybridized carbons (Fsp3) is 0.833. The van der Waals surface area contributed by atoms with Crippen molar-refractivity contribution in [2.45, 2.75) is 19.3 Å². The van der Waals surface area contributed by atoms with Crippen LogP contribution in [-0.2, 0) is 0 Å². The quantitative estimate of drug-likeness (QED) is 0.270. The zero-order valence-electron chi connectivity index (χ0n) is 6.27. The van der Waals surface area contributed by atoms with Gasteiger partial charge < -0.3 is 5.43 Å². The molecule has 11 heavy (non-hydrogen) atoms. The van der Waals surface area contributed by atoms with Crippen molar-refractivity contribution < 1.29 is 8.78 Å². The van der Waals surface area contributed by atoms with Crippen molar-refractivity contribution in [3.63, 3.8) is 0 Å². The number of hydrogen-bond donors (Lipinski definition) is 2. The van der Waals surface area contributed by atoms with E-state index in [1.165, 1.54) is 7.05 Å². The molecular weight excluding hydrogens is 152 g/mol. The number of nitrogens with one attached hydrogen (secondary N) is 1. The molecule has 0 aliphatic heterocycles. The highest BCUT2D eigenvalue weighted by Crippen LogP contribution is 2.51. The highest BCUT2D eigenvalue weighted by Gasteiger charge is 2.55. The van der Waals surface area contributed by atoms with Crippen molar-refractivity contribution >= 4 is 5.84 Å². The normalized spacial score (nSPS) is 22.1. The molecule has 0 aromatic heterocycles. The molecule has 0 radical (unpaired) electrons. The van der Waals surface area contributed by atoms with Gasteiger partial charge in [0.2, 0.25) is 0 Å². The van der Waals surface area contributed by atoms with Crippen molar-refractivity contribution in [2.24, 2.45) is 16.3 Å². The van der Waals surface area contributed by atoms with Gasteiger partial charge in [0, 0.05) is 7.05 Å². The molecule has 5 heteroatoms. The molecule has 0 aromatic rings. The van der Waals surface area contributed by atoms with E-state index in [0.29, 0.717) is 12.8 Å². The first kappa shape index (κ1) is 8.39. The van der Waals surface area contributed by atoms with Crippen molar-refractivity contribution in [3.05, 3.63) is 0 Å². The van der Waals surface area contributed by atoms with E-state index in [1.807, 2.05) is 0 Å². The summed E-state index contributed by atoms with van der Waals surface area (Å²) in [7, 11) is 1.46. The molecule has 64 valence electrons. The number of nitrogens with two attached hydrogens (primary N) is 1. The number of alkyl halides is 2. The van der Waals surface area contributed by atoms with Gasteiger partial charge in [-0.2, -0.15) is 0 Å². The SMILES string of the molecule is CN=C(NN)C1(C(F)F)CC1. The van der Waals surface area contributed by atoms with Crippen LogP contribution in [0.25, 0.3) is 0 Å². The molecule has 1 rings (SSSR count). The fourth-order valence-electron chi connectivity index (χ4n) is 1.12. The van der Waals surface area contributed by atoms with E-state index < -0.39 is 11.8 Å². The monoisotopic (exact) mass is 163 g/mol. The summed E-state index contributed by atoms with van der Waals surface area (Å²) in [4.78, 5) is 3.66. The Morgan fingerprint density at radius 3 is 2.27 bits per heavy atom. The number of nitrogens with zero attached hydrogens (tertiary/aromatic N) is 1. The Kier molecular flexibility index (Phi) is 2.08. The molecule has 3 nitrogen and oxygen atoms in total. The molecule has 0 heterocycles. The molecule has 1 aliphatic rings. The van der Waals surface area contributed by atoms with Crippen LogP contribution in [0.3, 0.4) is 0 Å². The number of aliphatic imine (C=N–C) groups is 1. The molecule has 0 atom stereocenters. The number of halogens is 2. The first-order valence-corrected chi connectivity index (χ1v) is 3.39. The van der Waals surface area contributed by atoms with E-state index in [-0.39, 0.29) is 5.84 Å². The van der Waals surface area contributed by atoms with Crippen LogP contribution in [0.15, 0.2) is 4.99 Å². The average Bonchev–Trinajstić information content (AvgIpc) is 2.71. The van der Waals surface area contributed by atoms with Crippen LogP contribution in [0, 0.1) is 5.41 Å². The minimum absolute atomic E-state index is 0.215. The van der Waals surface area contributed by atoms with Crippen LogP contribution < -0.4 is 11.3 Å². The first-order chi connectivity index (χ1) is 5.17. The summed E-state index contributed by atoms with van der Waals surface area (Å²) in [5, 5.41) is 0. The Morgan fingerprint density at radius 2 is 2.18 bits per heavy atom. The van der Waals surface area contributed by atoms with E-state index in [0.717, 1.165) is 0 Å². The lowest BCUT2D eigenvalue weighted by molar-refractivity contribution is 0.0951. The van der Waals surface area contributed by atoms with Crippen LogP contribution >= 0.6 is 0 Å². The zero-order valence-corrected chi connectivity index (χ0v) is 6.27. The van der Waals surface area contributed by atoms with Crippen LogP contribution in [0.1, 0.15) is 12.8 Å². The highest BCUT2D eigenvalue weighted by atomic mass is 19.3. The number of rotatable bonds is 2. The van der Waals surface area contributed by atoms with Crippen molar-refractivity contribution in [3.8, 4) is 0 Å². The zero-order chi connectivity index (χ0) is 8.48. The van der Waals surface area contributed by atoms with E-state index in [9.17, 15) is 8.78 Å². The van der Waals surface area contributed by atoms with Gasteiger partial charge in [-0.1, -0.05) is 0 Å². The third kappa shape index (κ3) is 1.20. The maximum atomic E-state index is 12.3. The minimum Gasteiger partial charge on any atom is -0.312 e. The Hall–Kier alpha value is -0.710. The third-order valence-corrected chi connectivity index (χ3v) is 2.04. The van der Waals surface area contributed by atoms with Crippen LogP contribution in [-0.4, -0.2) is 19.3 Å². The van der Waals surface area contributed by atoms with Gasteiger partial charge in [0.15, 0.2) is 0 Å². The summed E-state index contributed by atoms with van der Waals surface area (Å²) in [5.41, 5.74) is 1.15. The second kappa shape index (κ2) is 2.73. The molecule has 1 fully saturated rings. The van der Waals surface area contributed by atoms with Crippen molar-refractivity contribution in [2.75, 3.05) is 7.05 Å². The standard InChI is InChI=1S/C6H11F2N3/c1-10-5(11-9)6(2-3-6)4(7)8/h4H,2-3,9H2,1H3,(H,10,11). The molecule has 0 unspecified atom stereocenters. The molecular formula is C6H11F2N3. The smallest absolute Gasteiger partial charge is 0.251 e. The van der Waals surface area contributed by atoms with Crippen LogP contribution in [0.2, 0.25) is 0 Å². The summed E-state index contributed by atoms with van der Waals surface area (Å²) >= 11 is 0. The molecule has 3 N–H and O–H groups in total. The summed E-state index contributed by atoms with van der Waals surface area (Å²) in [6, 6.07) is 0. The van der Waals surface area contributed by atoms with Crippen molar-refractivity contribution in [1.82, 2.24) is 5.43 Å². The maximum Gasteiger partial charge on any atom is 0.251 e. The Balaban J connectivity index is 2.72. The average molecular weight is 163 g/mol.